The van der Waals surface area contributed by atoms with E-state index in [-0.39, 0.29) is 0 Å². The molecule has 2 rings (SSSR count). The zero-order valence-electron chi connectivity index (χ0n) is 7.92. The number of aryl methyl sites for hydroxylation is 3. The van der Waals surface area contributed by atoms with Crippen LogP contribution in [0.5, 0.6) is 0 Å². The first kappa shape index (κ1) is 8.10. The van der Waals surface area contributed by atoms with Gasteiger partial charge < -0.3 is 8.94 Å². The molecule has 0 spiro atoms. The number of hydrogen-bond acceptors (Lipinski definition) is 3. The molecule has 0 radical (unpaired) electrons. The van der Waals surface area contributed by atoms with Crippen LogP contribution in [0.1, 0.15) is 17.2 Å². The Balaban J connectivity index is 2.57. The van der Waals surface area contributed by atoms with Gasteiger partial charge in [0.15, 0.2) is 0 Å². The zero-order valence-corrected chi connectivity index (χ0v) is 7.92. The van der Waals surface area contributed by atoms with Gasteiger partial charge in [-0.3, -0.25) is 0 Å². The van der Waals surface area contributed by atoms with Crippen LogP contribution in [0.25, 0.3) is 11.3 Å². The van der Waals surface area contributed by atoms with E-state index in [0.717, 1.165) is 28.5 Å². The van der Waals surface area contributed by atoms with Crippen molar-refractivity contribution in [1.82, 2.24) is 5.16 Å². The van der Waals surface area contributed by atoms with Crippen LogP contribution < -0.4 is 0 Å². The predicted molar refractivity (Wildman–Crippen MR) is 48.4 cm³/mol. The smallest absolute Gasteiger partial charge is 0.144 e. The summed E-state index contributed by atoms with van der Waals surface area (Å²) in [6, 6.07) is 3.86. The quantitative estimate of drug-likeness (QED) is 0.672. The van der Waals surface area contributed by atoms with Crippen LogP contribution in [0, 0.1) is 20.8 Å². The minimum atomic E-state index is 0.798. The summed E-state index contributed by atoms with van der Waals surface area (Å²) in [7, 11) is 0. The minimum Gasteiger partial charge on any atom is -0.461 e. The lowest BCUT2D eigenvalue weighted by Crippen LogP contribution is -1.77. The highest BCUT2D eigenvalue weighted by atomic mass is 16.5. The van der Waals surface area contributed by atoms with Crippen LogP contribution in [-0.4, -0.2) is 5.16 Å². The van der Waals surface area contributed by atoms with Gasteiger partial charge in [-0.2, -0.15) is 0 Å². The fraction of sp³-hybridized carbons (Fsp3) is 0.300. The third-order valence-electron chi connectivity index (χ3n) is 2.02. The molecule has 2 aromatic rings. The second kappa shape index (κ2) is 2.76. The van der Waals surface area contributed by atoms with Crippen molar-refractivity contribution < 1.29 is 8.94 Å². The molecule has 0 unspecified atom stereocenters. The Kier molecular flexibility index (Phi) is 1.72. The Morgan fingerprint density at radius 2 is 1.92 bits per heavy atom. The molecule has 0 aliphatic carbocycles. The number of furan rings is 1. The molecule has 0 N–H and O–H groups in total. The van der Waals surface area contributed by atoms with Gasteiger partial charge in [-0.05, 0) is 32.9 Å². The maximum absolute atomic E-state index is 5.49. The first-order chi connectivity index (χ1) is 6.18. The molecule has 0 fully saturated rings. The van der Waals surface area contributed by atoms with Crippen LogP contribution in [0.3, 0.4) is 0 Å². The molecule has 0 amide bonds. The van der Waals surface area contributed by atoms with E-state index in [0.29, 0.717) is 0 Å². The highest BCUT2D eigenvalue weighted by Gasteiger charge is 2.13. The van der Waals surface area contributed by atoms with Crippen molar-refractivity contribution in [1.29, 1.82) is 0 Å². The SMILES string of the molecule is Cc1ccc(-c2c(C)noc2C)o1. The topological polar surface area (TPSA) is 39.2 Å². The average Bonchev–Trinajstić information content (AvgIpc) is 2.60. The number of aromatic nitrogens is 1. The average molecular weight is 177 g/mol. The summed E-state index contributed by atoms with van der Waals surface area (Å²) in [5, 5.41) is 3.87. The van der Waals surface area contributed by atoms with E-state index in [1.54, 1.807) is 0 Å². The van der Waals surface area contributed by atoms with Gasteiger partial charge in [0.25, 0.3) is 0 Å². The maximum Gasteiger partial charge on any atom is 0.144 e. The highest BCUT2D eigenvalue weighted by molar-refractivity contribution is 5.62. The third kappa shape index (κ3) is 1.26. The fourth-order valence-electron chi connectivity index (χ4n) is 1.40. The van der Waals surface area contributed by atoms with Crippen molar-refractivity contribution >= 4 is 0 Å². The van der Waals surface area contributed by atoms with Crippen LogP contribution in [0.4, 0.5) is 0 Å². The molecule has 2 heterocycles. The summed E-state index contributed by atoms with van der Waals surface area (Å²) in [4.78, 5) is 0. The van der Waals surface area contributed by atoms with Crippen LogP contribution in [0.15, 0.2) is 21.1 Å². The molecule has 0 aliphatic rings. The van der Waals surface area contributed by atoms with Crippen LogP contribution in [0.2, 0.25) is 0 Å². The van der Waals surface area contributed by atoms with Gasteiger partial charge >= 0.3 is 0 Å². The Hall–Kier alpha value is -1.51. The monoisotopic (exact) mass is 177 g/mol. The predicted octanol–water partition coefficient (Wildman–Crippen LogP) is 2.86. The van der Waals surface area contributed by atoms with Gasteiger partial charge in [-0.15, -0.1) is 0 Å². The Morgan fingerprint density at radius 1 is 1.15 bits per heavy atom. The van der Waals surface area contributed by atoms with E-state index in [2.05, 4.69) is 5.16 Å². The standard InChI is InChI=1S/C10H11NO2/c1-6-4-5-9(12-6)10-7(2)11-13-8(10)3/h4-5H,1-3H3. The molecule has 0 aliphatic heterocycles. The summed E-state index contributed by atoms with van der Waals surface area (Å²) >= 11 is 0. The van der Waals surface area contributed by atoms with Gasteiger partial charge in [-0.1, -0.05) is 5.16 Å². The van der Waals surface area contributed by atoms with Crippen molar-refractivity contribution in [3.05, 3.63) is 29.3 Å². The first-order valence-electron chi connectivity index (χ1n) is 4.18. The summed E-state index contributed by atoms with van der Waals surface area (Å²) < 4.78 is 10.5. The van der Waals surface area contributed by atoms with Gasteiger partial charge in [0.1, 0.15) is 17.3 Å². The molecular formula is C10H11NO2. The lowest BCUT2D eigenvalue weighted by molar-refractivity contribution is 0.393. The molecule has 0 aromatic carbocycles. The van der Waals surface area contributed by atoms with Gasteiger partial charge in [0, 0.05) is 0 Å². The second-order valence-electron chi connectivity index (χ2n) is 3.11. The van der Waals surface area contributed by atoms with E-state index < -0.39 is 0 Å². The van der Waals surface area contributed by atoms with E-state index >= 15 is 0 Å². The third-order valence-corrected chi connectivity index (χ3v) is 2.02. The second-order valence-corrected chi connectivity index (χ2v) is 3.11. The summed E-state index contributed by atoms with van der Waals surface area (Å²) in [6.45, 7) is 5.71. The molecule has 3 nitrogen and oxygen atoms in total. The normalized spacial score (nSPS) is 10.7. The molecule has 0 saturated heterocycles. The highest BCUT2D eigenvalue weighted by Crippen LogP contribution is 2.27. The fourth-order valence-corrected chi connectivity index (χ4v) is 1.40. The molecule has 0 bridgehead atoms. The van der Waals surface area contributed by atoms with Crippen molar-refractivity contribution in [3.63, 3.8) is 0 Å². The lowest BCUT2D eigenvalue weighted by Gasteiger charge is -1.92. The van der Waals surface area contributed by atoms with Crippen LogP contribution >= 0.6 is 0 Å². The first-order valence-corrected chi connectivity index (χ1v) is 4.18. The Labute approximate surface area is 76.3 Å². The summed E-state index contributed by atoms with van der Waals surface area (Å²) in [5.41, 5.74) is 1.83. The zero-order chi connectivity index (χ0) is 9.42. The minimum absolute atomic E-state index is 0.798. The lowest BCUT2D eigenvalue weighted by atomic mass is 10.1. The Morgan fingerprint density at radius 3 is 2.38 bits per heavy atom. The molecule has 0 atom stereocenters. The van der Waals surface area contributed by atoms with E-state index in [1.807, 2.05) is 32.9 Å². The molecule has 13 heavy (non-hydrogen) atoms. The van der Waals surface area contributed by atoms with Crippen molar-refractivity contribution in [3.8, 4) is 11.3 Å². The van der Waals surface area contributed by atoms with Crippen molar-refractivity contribution in [2.45, 2.75) is 20.8 Å². The number of rotatable bonds is 1. The van der Waals surface area contributed by atoms with Gasteiger partial charge in [0.2, 0.25) is 0 Å². The van der Waals surface area contributed by atoms with Crippen LogP contribution in [-0.2, 0) is 0 Å². The van der Waals surface area contributed by atoms with Crippen molar-refractivity contribution in [2.24, 2.45) is 0 Å². The Bertz CT molecular complexity index is 406. The van der Waals surface area contributed by atoms with Gasteiger partial charge in [-0.25, -0.2) is 0 Å². The summed E-state index contributed by atoms with van der Waals surface area (Å²) in [6.07, 6.45) is 0. The van der Waals surface area contributed by atoms with E-state index in [1.165, 1.54) is 0 Å². The van der Waals surface area contributed by atoms with Gasteiger partial charge in [0.05, 0.1) is 11.3 Å². The van der Waals surface area contributed by atoms with E-state index in [9.17, 15) is 0 Å². The molecule has 68 valence electrons. The number of hydrogen-bond donors (Lipinski definition) is 0. The van der Waals surface area contributed by atoms with E-state index in [4.69, 9.17) is 8.94 Å². The maximum atomic E-state index is 5.49. The molecule has 0 saturated carbocycles. The van der Waals surface area contributed by atoms with Crippen molar-refractivity contribution in [2.75, 3.05) is 0 Å². The molecule has 2 aromatic heterocycles. The molecule has 3 heteroatoms. The largest absolute Gasteiger partial charge is 0.461 e. The number of nitrogens with zero attached hydrogens (tertiary/aromatic N) is 1. The summed E-state index contributed by atoms with van der Waals surface area (Å²) in [5.74, 6) is 2.52. The molecular weight excluding hydrogens is 166 g/mol.